The van der Waals surface area contributed by atoms with E-state index in [0.29, 0.717) is 5.56 Å². The van der Waals surface area contributed by atoms with Crippen molar-refractivity contribution in [3.8, 4) is 0 Å². The summed E-state index contributed by atoms with van der Waals surface area (Å²) in [6.45, 7) is -1.88. The quantitative estimate of drug-likeness (QED) is 0.672. The summed E-state index contributed by atoms with van der Waals surface area (Å²) in [5, 5.41) is 6.27. The number of imide groups is 1. The van der Waals surface area contributed by atoms with Gasteiger partial charge in [0.2, 0.25) is 5.91 Å². The SMILES string of the molecule is O=C(CNC(c1ccccc1)c1ccc(F)cc1)NC(=O)NCC(F)(F)F. The van der Waals surface area contributed by atoms with Crippen molar-refractivity contribution in [3.05, 3.63) is 71.5 Å². The molecule has 0 aromatic heterocycles. The summed E-state index contributed by atoms with van der Waals surface area (Å²) in [7, 11) is 0. The molecule has 0 radical (unpaired) electrons. The van der Waals surface area contributed by atoms with Crippen LogP contribution in [0.2, 0.25) is 0 Å². The van der Waals surface area contributed by atoms with Crippen LogP contribution in [0, 0.1) is 5.82 Å². The van der Waals surface area contributed by atoms with E-state index in [2.05, 4.69) is 5.32 Å². The van der Waals surface area contributed by atoms with Crippen molar-refractivity contribution < 1.29 is 27.2 Å². The van der Waals surface area contributed by atoms with Gasteiger partial charge in [-0.2, -0.15) is 13.2 Å². The molecular formula is C18H17F4N3O2. The zero-order valence-electron chi connectivity index (χ0n) is 14.0. The second-order valence-electron chi connectivity index (χ2n) is 5.62. The zero-order valence-corrected chi connectivity index (χ0v) is 14.0. The van der Waals surface area contributed by atoms with Crippen molar-refractivity contribution in [2.75, 3.05) is 13.1 Å². The molecule has 0 heterocycles. The van der Waals surface area contributed by atoms with Gasteiger partial charge in [0.25, 0.3) is 0 Å². The molecule has 1 unspecified atom stereocenters. The maximum Gasteiger partial charge on any atom is 0.405 e. The molecule has 3 N–H and O–H groups in total. The molecule has 1 atom stereocenters. The highest BCUT2D eigenvalue weighted by Crippen LogP contribution is 2.22. The van der Waals surface area contributed by atoms with E-state index in [9.17, 15) is 27.2 Å². The van der Waals surface area contributed by atoms with Crippen molar-refractivity contribution in [1.29, 1.82) is 0 Å². The van der Waals surface area contributed by atoms with Gasteiger partial charge in [-0.3, -0.25) is 15.4 Å². The molecule has 5 nitrogen and oxygen atoms in total. The number of carbonyl (C=O) groups is 2. The molecule has 2 aromatic carbocycles. The van der Waals surface area contributed by atoms with E-state index in [1.165, 1.54) is 12.1 Å². The van der Waals surface area contributed by atoms with Crippen molar-refractivity contribution in [3.63, 3.8) is 0 Å². The van der Waals surface area contributed by atoms with Crippen LogP contribution in [0.1, 0.15) is 17.2 Å². The number of halogens is 4. The van der Waals surface area contributed by atoms with Gasteiger partial charge >= 0.3 is 12.2 Å². The van der Waals surface area contributed by atoms with Crippen LogP contribution in [0.25, 0.3) is 0 Å². The minimum atomic E-state index is -4.57. The lowest BCUT2D eigenvalue weighted by Crippen LogP contribution is -2.46. The maximum absolute atomic E-state index is 13.2. The number of nitrogens with one attached hydrogen (secondary N) is 3. The van der Waals surface area contributed by atoms with E-state index in [0.717, 1.165) is 5.56 Å². The molecule has 0 aliphatic rings. The smallest absolute Gasteiger partial charge is 0.329 e. The van der Waals surface area contributed by atoms with E-state index < -0.39 is 36.5 Å². The van der Waals surface area contributed by atoms with Crippen LogP contribution in [-0.4, -0.2) is 31.2 Å². The van der Waals surface area contributed by atoms with Crippen molar-refractivity contribution in [2.24, 2.45) is 0 Å². The summed E-state index contributed by atoms with van der Waals surface area (Å²) in [6, 6.07) is 12.9. The minimum Gasteiger partial charge on any atom is -0.329 e. The fraction of sp³-hybridized carbons (Fsp3) is 0.222. The van der Waals surface area contributed by atoms with Crippen molar-refractivity contribution in [2.45, 2.75) is 12.2 Å². The summed E-state index contributed by atoms with van der Waals surface area (Å²) >= 11 is 0. The van der Waals surface area contributed by atoms with E-state index in [1.807, 2.05) is 11.4 Å². The first kappa shape index (κ1) is 20.4. The van der Waals surface area contributed by atoms with E-state index in [4.69, 9.17) is 0 Å². The molecule has 0 bridgehead atoms. The molecule has 2 aromatic rings. The van der Waals surface area contributed by atoms with Gasteiger partial charge in [0.05, 0.1) is 12.6 Å². The Bertz CT molecular complexity index is 764. The molecule has 0 spiro atoms. The van der Waals surface area contributed by atoms with Crippen LogP contribution in [0.5, 0.6) is 0 Å². The molecule has 0 saturated heterocycles. The van der Waals surface area contributed by atoms with Crippen molar-refractivity contribution >= 4 is 11.9 Å². The molecule has 27 heavy (non-hydrogen) atoms. The van der Waals surface area contributed by atoms with E-state index >= 15 is 0 Å². The largest absolute Gasteiger partial charge is 0.405 e. The Morgan fingerprint density at radius 3 is 2.11 bits per heavy atom. The standard InChI is InChI=1S/C18H17F4N3O2/c19-14-8-6-13(7-9-14)16(12-4-2-1-3-5-12)23-10-15(26)25-17(27)24-11-18(20,21)22/h1-9,16,23H,10-11H2,(H2,24,25,26,27). The molecule has 0 fully saturated rings. The average Bonchev–Trinajstić information content (AvgIpc) is 2.62. The first-order valence-corrected chi connectivity index (χ1v) is 7.93. The highest BCUT2D eigenvalue weighted by atomic mass is 19.4. The average molecular weight is 383 g/mol. The van der Waals surface area contributed by atoms with E-state index in [-0.39, 0.29) is 6.54 Å². The van der Waals surface area contributed by atoms with Gasteiger partial charge in [0.1, 0.15) is 12.4 Å². The summed E-state index contributed by atoms with van der Waals surface area (Å²) < 4.78 is 49.3. The summed E-state index contributed by atoms with van der Waals surface area (Å²) in [5.74, 6) is -1.22. The molecule has 0 aliphatic heterocycles. The van der Waals surface area contributed by atoms with Gasteiger partial charge in [0.15, 0.2) is 0 Å². The number of urea groups is 1. The second-order valence-corrected chi connectivity index (χ2v) is 5.62. The maximum atomic E-state index is 13.2. The fourth-order valence-corrected chi connectivity index (χ4v) is 2.32. The number of carbonyl (C=O) groups excluding carboxylic acids is 2. The Morgan fingerprint density at radius 2 is 1.52 bits per heavy atom. The Balaban J connectivity index is 1.98. The third-order valence-corrected chi connectivity index (χ3v) is 3.51. The van der Waals surface area contributed by atoms with Gasteiger partial charge in [-0.1, -0.05) is 42.5 Å². The van der Waals surface area contributed by atoms with Crippen LogP contribution in [0.15, 0.2) is 54.6 Å². The number of hydrogen-bond donors (Lipinski definition) is 3. The molecular weight excluding hydrogens is 366 g/mol. The third kappa shape index (κ3) is 7.06. The summed E-state index contributed by atoms with van der Waals surface area (Å²) in [5.41, 5.74) is 1.47. The van der Waals surface area contributed by atoms with Crippen LogP contribution in [-0.2, 0) is 4.79 Å². The van der Waals surface area contributed by atoms with Gasteiger partial charge in [-0.05, 0) is 23.3 Å². The van der Waals surface area contributed by atoms with Gasteiger partial charge in [-0.25, -0.2) is 9.18 Å². The predicted molar refractivity (Wildman–Crippen MR) is 90.3 cm³/mol. The van der Waals surface area contributed by atoms with Gasteiger partial charge in [-0.15, -0.1) is 0 Å². The Morgan fingerprint density at radius 1 is 0.926 bits per heavy atom. The number of benzene rings is 2. The highest BCUT2D eigenvalue weighted by Gasteiger charge is 2.28. The first-order valence-electron chi connectivity index (χ1n) is 7.93. The number of rotatable bonds is 6. The topological polar surface area (TPSA) is 70.2 Å². The molecule has 0 aliphatic carbocycles. The number of alkyl halides is 3. The normalized spacial score (nSPS) is 12.3. The molecule has 3 amide bonds. The van der Waals surface area contributed by atoms with Crippen LogP contribution in [0.4, 0.5) is 22.4 Å². The Kier molecular flexibility index (Phi) is 6.89. The molecule has 0 saturated carbocycles. The predicted octanol–water partition coefficient (Wildman–Crippen LogP) is 2.89. The van der Waals surface area contributed by atoms with Gasteiger partial charge < -0.3 is 5.32 Å². The third-order valence-electron chi connectivity index (χ3n) is 3.51. The number of hydrogen-bond acceptors (Lipinski definition) is 3. The Hall–Kier alpha value is -2.94. The highest BCUT2D eigenvalue weighted by molar-refractivity contribution is 5.95. The Labute approximate surface area is 152 Å². The second kappa shape index (κ2) is 9.13. The molecule has 9 heteroatoms. The molecule has 2 rings (SSSR count). The number of amides is 3. The lowest BCUT2D eigenvalue weighted by Gasteiger charge is -2.19. The first-order chi connectivity index (χ1) is 12.7. The summed E-state index contributed by atoms with van der Waals surface area (Å²) in [6.07, 6.45) is -4.57. The fourth-order valence-electron chi connectivity index (χ4n) is 2.32. The lowest BCUT2D eigenvalue weighted by molar-refractivity contribution is -0.124. The lowest BCUT2D eigenvalue weighted by atomic mass is 9.98. The molecule has 144 valence electrons. The van der Waals surface area contributed by atoms with Crippen LogP contribution >= 0.6 is 0 Å². The van der Waals surface area contributed by atoms with Crippen molar-refractivity contribution in [1.82, 2.24) is 16.0 Å². The minimum absolute atomic E-state index is 0.337. The van der Waals surface area contributed by atoms with Crippen LogP contribution < -0.4 is 16.0 Å². The zero-order chi connectivity index (χ0) is 19.9. The van der Waals surface area contributed by atoms with Crippen LogP contribution in [0.3, 0.4) is 0 Å². The monoisotopic (exact) mass is 383 g/mol. The van der Waals surface area contributed by atoms with E-state index in [1.54, 1.807) is 41.7 Å². The van der Waals surface area contributed by atoms with Gasteiger partial charge in [0, 0.05) is 0 Å². The summed E-state index contributed by atoms with van der Waals surface area (Å²) in [4.78, 5) is 23.1.